The van der Waals surface area contributed by atoms with E-state index in [1.165, 1.54) is 7.11 Å². The Kier molecular flexibility index (Phi) is 5.08. The lowest BCUT2D eigenvalue weighted by molar-refractivity contribution is -0.114. The number of nitrogens with one attached hydrogen (secondary N) is 1. The second kappa shape index (κ2) is 7.83. The number of fused-ring (bicyclic) bond motifs is 1. The molecule has 0 atom stereocenters. The predicted molar refractivity (Wildman–Crippen MR) is 111 cm³/mol. The van der Waals surface area contributed by atoms with Gasteiger partial charge in [-0.3, -0.25) is 4.79 Å². The summed E-state index contributed by atoms with van der Waals surface area (Å²) in [5, 5.41) is 3.37. The molecule has 0 bridgehead atoms. The SMILES string of the molecule is COC(=O)c1ccc2c(c1)N(Cc1ccc(OC)cc1)CC1=C(C=CCC1=O)N2. The smallest absolute Gasteiger partial charge is 0.337 e. The monoisotopic (exact) mass is 390 g/mol. The number of benzene rings is 2. The van der Waals surface area contributed by atoms with E-state index in [0.29, 0.717) is 25.1 Å². The zero-order valence-electron chi connectivity index (χ0n) is 16.4. The van der Waals surface area contributed by atoms with E-state index >= 15 is 0 Å². The minimum Gasteiger partial charge on any atom is -0.497 e. The van der Waals surface area contributed by atoms with E-state index in [2.05, 4.69) is 10.2 Å². The van der Waals surface area contributed by atoms with Crippen LogP contribution in [0.4, 0.5) is 11.4 Å². The Hall–Kier alpha value is -3.54. The molecule has 0 saturated heterocycles. The maximum absolute atomic E-state index is 12.6. The van der Waals surface area contributed by atoms with E-state index in [4.69, 9.17) is 9.47 Å². The third-order valence-corrected chi connectivity index (χ3v) is 5.16. The molecule has 0 aromatic heterocycles. The number of anilines is 2. The molecule has 0 radical (unpaired) electrons. The van der Waals surface area contributed by atoms with E-state index < -0.39 is 5.97 Å². The molecule has 0 amide bonds. The molecule has 1 N–H and O–H groups in total. The van der Waals surface area contributed by atoms with Gasteiger partial charge in [-0.2, -0.15) is 0 Å². The number of ether oxygens (including phenoxy) is 2. The van der Waals surface area contributed by atoms with Crippen molar-refractivity contribution in [3.05, 3.63) is 77.0 Å². The Morgan fingerprint density at radius 2 is 1.93 bits per heavy atom. The fraction of sp³-hybridized carbons (Fsp3) is 0.217. The molecule has 148 valence electrons. The summed E-state index contributed by atoms with van der Waals surface area (Å²) < 4.78 is 10.1. The van der Waals surface area contributed by atoms with Gasteiger partial charge in [0.25, 0.3) is 0 Å². The zero-order valence-corrected chi connectivity index (χ0v) is 16.4. The van der Waals surface area contributed by atoms with E-state index in [-0.39, 0.29) is 5.78 Å². The Bertz CT molecular complexity index is 1020. The molecule has 2 aromatic rings. The highest BCUT2D eigenvalue weighted by Crippen LogP contribution is 2.35. The first-order chi connectivity index (χ1) is 14.1. The van der Waals surface area contributed by atoms with Crippen LogP contribution in [0.3, 0.4) is 0 Å². The van der Waals surface area contributed by atoms with Crippen LogP contribution in [0.15, 0.2) is 65.9 Å². The Labute approximate surface area is 169 Å². The predicted octanol–water partition coefficient (Wildman–Crippen LogP) is 3.70. The largest absolute Gasteiger partial charge is 0.497 e. The first kappa shape index (κ1) is 18.8. The highest BCUT2D eigenvalue weighted by atomic mass is 16.5. The molecule has 0 saturated carbocycles. The molecule has 1 heterocycles. The average Bonchev–Trinajstić information content (AvgIpc) is 2.91. The fourth-order valence-electron chi connectivity index (χ4n) is 3.61. The van der Waals surface area contributed by atoms with Crippen LogP contribution in [0.2, 0.25) is 0 Å². The first-order valence-corrected chi connectivity index (χ1v) is 9.39. The van der Waals surface area contributed by atoms with Crippen molar-refractivity contribution in [3.8, 4) is 5.75 Å². The molecule has 1 aliphatic heterocycles. The van der Waals surface area contributed by atoms with Crippen LogP contribution in [0.5, 0.6) is 5.75 Å². The molecular formula is C23H22N2O4. The molecular weight excluding hydrogens is 368 g/mol. The summed E-state index contributed by atoms with van der Waals surface area (Å²) in [5.74, 6) is 0.503. The topological polar surface area (TPSA) is 67.9 Å². The summed E-state index contributed by atoms with van der Waals surface area (Å²) >= 11 is 0. The summed E-state index contributed by atoms with van der Waals surface area (Å²) in [6, 6.07) is 13.2. The minimum atomic E-state index is -0.393. The number of methoxy groups -OCH3 is 2. The van der Waals surface area contributed by atoms with Crippen molar-refractivity contribution in [3.63, 3.8) is 0 Å². The van der Waals surface area contributed by atoms with Gasteiger partial charge in [-0.15, -0.1) is 0 Å². The number of carbonyl (C=O) groups is 2. The van der Waals surface area contributed by atoms with Crippen LogP contribution >= 0.6 is 0 Å². The van der Waals surface area contributed by atoms with E-state index in [0.717, 1.165) is 34.0 Å². The van der Waals surface area contributed by atoms with Gasteiger partial charge >= 0.3 is 5.97 Å². The lowest BCUT2D eigenvalue weighted by atomic mass is 10.00. The van der Waals surface area contributed by atoms with Crippen molar-refractivity contribution < 1.29 is 19.1 Å². The molecule has 0 fully saturated rings. The zero-order chi connectivity index (χ0) is 20.4. The molecule has 4 rings (SSSR count). The molecule has 2 aromatic carbocycles. The van der Waals surface area contributed by atoms with Crippen molar-refractivity contribution in [1.29, 1.82) is 0 Å². The number of carbonyl (C=O) groups excluding carboxylic acids is 2. The minimum absolute atomic E-state index is 0.107. The molecule has 1 aliphatic carbocycles. The number of rotatable bonds is 4. The fourth-order valence-corrected chi connectivity index (χ4v) is 3.61. The first-order valence-electron chi connectivity index (χ1n) is 9.39. The highest BCUT2D eigenvalue weighted by Gasteiger charge is 2.26. The number of esters is 1. The summed E-state index contributed by atoms with van der Waals surface area (Å²) in [6.45, 7) is 1.03. The normalized spacial score (nSPS) is 15.2. The van der Waals surface area contributed by atoms with E-state index in [1.807, 2.05) is 48.6 Å². The van der Waals surface area contributed by atoms with Gasteiger partial charge in [-0.05, 0) is 42.0 Å². The van der Waals surface area contributed by atoms with Crippen molar-refractivity contribution in [2.75, 3.05) is 31.0 Å². The number of nitrogens with zero attached hydrogens (tertiary/aromatic N) is 1. The number of hydrogen-bond acceptors (Lipinski definition) is 6. The summed E-state index contributed by atoms with van der Waals surface area (Å²) in [6.07, 6.45) is 4.22. The Balaban J connectivity index is 1.75. The average molecular weight is 390 g/mol. The van der Waals surface area contributed by atoms with E-state index in [1.54, 1.807) is 13.2 Å². The van der Waals surface area contributed by atoms with Gasteiger partial charge < -0.3 is 19.7 Å². The van der Waals surface area contributed by atoms with Gasteiger partial charge in [-0.1, -0.05) is 18.2 Å². The van der Waals surface area contributed by atoms with E-state index in [9.17, 15) is 9.59 Å². The Morgan fingerprint density at radius 1 is 1.14 bits per heavy atom. The second-order valence-electron chi connectivity index (χ2n) is 6.97. The van der Waals surface area contributed by atoms with Gasteiger partial charge in [0.05, 0.1) is 31.2 Å². The maximum Gasteiger partial charge on any atom is 0.337 e. The van der Waals surface area contributed by atoms with Crippen molar-refractivity contribution in [2.24, 2.45) is 0 Å². The lowest BCUT2D eigenvalue weighted by Gasteiger charge is -2.26. The van der Waals surface area contributed by atoms with Gasteiger partial charge in [0.15, 0.2) is 5.78 Å². The van der Waals surface area contributed by atoms with Gasteiger partial charge in [0, 0.05) is 30.8 Å². The van der Waals surface area contributed by atoms with Crippen LogP contribution < -0.4 is 15.0 Å². The third-order valence-electron chi connectivity index (χ3n) is 5.16. The summed E-state index contributed by atoms with van der Waals surface area (Å²) in [4.78, 5) is 26.7. The van der Waals surface area contributed by atoms with Crippen LogP contribution in [0.1, 0.15) is 22.3 Å². The third kappa shape index (κ3) is 3.74. The number of hydrogen-bond donors (Lipinski definition) is 1. The second-order valence-corrected chi connectivity index (χ2v) is 6.97. The number of Topliss-reactive ketones (excluding diaryl/α,β-unsaturated/α-hetero) is 1. The molecule has 2 aliphatic rings. The van der Waals surface area contributed by atoms with Gasteiger partial charge in [-0.25, -0.2) is 4.79 Å². The molecule has 0 unspecified atom stereocenters. The standard InChI is InChI=1S/C23H22N2O4/c1-28-17-9-6-15(7-10-17)13-25-14-18-19(4-3-5-22(18)26)24-20-11-8-16(12-21(20)25)23(27)29-2/h3-4,6-12,24H,5,13-14H2,1-2H3. The van der Waals surface area contributed by atoms with Crippen LogP contribution in [0, 0.1) is 0 Å². The molecule has 29 heavy (non-hydrogen) atoms. The molecule has 6 nitrogen and oxygen atoms in total. The van der Waals surface area contributed by atoms with Crippen LogP contribution in [-0.4, -0.2) is 32.5 Å². The Morgan fingerprint density at radius 3 is 2.66 bits per heavy atom. The summed E-state index contributed by atoms with van der Waals surface area (Å²) in [5.41, 5.74) is 4.79. The van der Waals surface area contributed by atoms with Gasteiger partial charge in [0.2, 0.25) is 0 Å². The van der Waals surface area contributed by atoms with Crippen molar-refractivity contribution in [2.45, 2.75) is 13.0 Å². The quantitative estimate of drug-likeness (QED) is 0.803. The van der Waals surface area contributed by atoms with Crippen molar-refractivity contribution in [1.82, 2.24) is 0 Å². The number of ketones is 1. The van der Waals surface area contributed by atoms with Crippen LogP contribution in [-0.2, 0) is 16.1 Å². The van der Waals surface area contributed by atoms with Crippen molar-refractivity contribution >= 4 is 23.1 Å². The lowest BCUT2D eigenvalue weighted by Crippen LogP contribution is -2.28. The summed E-state index contributed by atoms with van der Waals surface area (Å²) in [7, 11) is 3.00. The molecule has 0 spiro atoms. The maximum atomic E-state index is 12.6. The highest BCUT2D eigenvalue weighted by molar-refractivity contribution is 6.01. The van der Waals surface area contributed by atoms with Gasteiger partial charge in [0.1, 0.15) is 5.75 Å². The number of allylic oxidation sites excluding steroid dienone is 2. The molecule has 6 heteroatoms. The van der Waals surface area contributed by atoms with Crippen LogP contribution in [0.25, 0.3) is 0 Å².